The fraction of sp³-hybridized carbons (Fsp3) is 0.294. The fourth-order valence-corrected chi connectivity index (χ4v) is 4.93. The number of aromatic nitrogens is 8. The molecule has 0 fully saturated rings. The quantitative estimate of drug-likeness (QED) is 0.379. The Kier molecular flexibility index (Phi) is 5.43. The molecule has 180 valence electrons. The first-order valence-electron chi connectivity index (χ1n) is 9.37. The molecular formula is C17H15F3N8O4S2. The first-order chi connectivity index (χ1) is 15.8. The van der Waals surface area contributed by atoms with E-state index in [1.807, 2.05) is 0 Å². The molecule has 0 saturated carbocycles. The average molecular weight is 516 g/mol. The van der Waals surface area contributed by atoms with Crippen molar-refractivity contribution >= 4 is 30.8 Å². The number of tetrazole rings is 1. The van der Waals surface area contributed by atoms with E-state index in [0.717, 1.165) is 6.07 Å². The SMILES string of the molecule is CCS(=O)(=O)c1cc(-c2nnnn2C)cnc1-c1nc2cc(S(=O)(=O)C(F)(F)F)cnc2n1C. The molecule has 0 aliphatic rings. The zero-order valence-corrected chi connectivity index (χ0v) is 19.3. The summed E-state index contributed by atoms with van der Waals surface area (Å²) in [6.45, 7) is 1.43. The van der Waals surface area contributed by atoms with Crippen molar-refractivity contribution in [2.24, 2.45) is 14.1 Å². The molecule has 0 N–H and O–H groups in total. The molecular weight excluding hydrogens is 501 g/mol. The lowest BCUT2D eigenvalue weighted by Crippen LogP contribution is -2.23. The van der Waals surface area contributed by atoms with Crippen molar-refractivity contribution in [2.75, 3.05) is 5.75 Å². The minimum absolute atomic E-state index is 0.0272. The number of imidazole rings is 1. The van der Waals surface area contributed by atoms with E-state index in [-0.39, 0.29) is 39.2 Å². The number of pyridine rings is 2. The van der Waals surface area contributed by atoms with Crippen molar-refractivity contribution < 1.29 is 30.0 Å². The Morgan fingerprint density at radius 1 is 1.00 bits per heavy atom. The van der Waals surface area contributed by atoms with E-state index in [2.05, 4.69) is 30.5 Å². The Balaban J connectivity index is 1.95. The van der Waals surface area contributed by atoms with Crippen LogP contribution < -0.4 is 0 Å². The van der Waals surface area contributed by atoms with Crippen molar-refractivity contribution in [1.29, 1.82) is 0 Å². The topological polar surface area (TPSA) is 155 Å². The lowest BCUT2D eigenvalue weighted by molar-refractivity contribution is -0.0436. The lowest BCUT2D eigenvalue weighted by Gasteiger charge is -2.10. The summed E-state index contributed by atoms with van der Waals surface area (Å²) in [5.74, 6) is -0.0720. The smallest absolute Gasteiger partial charge is 0.310 e. The van der Waals surface area contributed by atoms with Crippen LogP contribution in [-0.4, -0.2) is 67.8 Å². The molecule has 4 rings (SSSR count). The van der Waals surface area contributed by atoms with Crippen LogP contribution in [-0.2, 0) is 33.8 Å². The first kappa shape index (κ1) is 23.7. The van der Waals surface area contributed by atoms with E-state index < -0.39 is 30.1 Å². The molecule has 0 saturated heterocycles. The van der Waals surface area contributed by atoms with Gasteiger partial charge in [0.2, 0.25) is 0 Å². The maximum Gasteiger partial charge on any atom is 0.501 e. The summed E-state index contributed by atoms with van der Waals surface area (Å²) >= 11 is 0. The number of hydrogen-bond donors (Lipinski definition) is 0. The third-order valence-electron chi connectivity index (χ3n) is 4.96. The van der Waals surface area contributed by atoms with Crippen molar-refractivity contribution in [1.82, 2.24) is 39.7 Å². The normalized spacial score (nSPS) is 13.0. The van der Waals surface area contributed by atoms with E-state index in [9.17, 15) is 30.0 Å². The van der Waals surface area contributed by atoms with Gasteiger partial charge in [-0.05, 0) is 22.6 Å². The molecule has 0 amide bonds. The van der Waals surface area contributed by atoms with Gasteiger partial charge >= 0.3 is 5.51 Å². The molecule has 4 aromatic heterocycles. The van der Waals surface area contributed by atoms with E-state index in [0.29, 0.717) is 11.8 Å². The molecule has 34 heavy (non-hydrogen) atoms. The van der Waals surface area contributed by atoms with Gasteiger partial charge in [0.15, 0.2) is 27.1 Å². The molecule has 0 bridgehead atoms. The lowest BCUT2D eigenvalue weighted by atomic mass is 10.2. The van der Waals surface area contributed by atoms with Crippen LogP contribution in [0.25, 0.3) is 34.1 Å². The summed E-state index contributed by atoms with van der Waals surface area (Å²) < 4.78 is 90.7. The molecule has 0 spiro atoms. The van der Waals surface area contributed by atoms with Gasteiger partial charge < -0.3 is 4.57 Å². The summed E-state index contributed by atoms with van der Waals surface area (Å²) in [4.78, 5) is 10.9. The third kappa shape index (κ3) is 3.69. The highest BCUT2D eigenvalue weighted by molar-refractivity contribution is 7.92. The van der Waals surface area contributed by atoms with Gasteiger partial charge in [-0.3, -0.25) is 4.98 Å². The first-order valence-corrected chi connectivity index (χ1v) is 12.5. The van der Waals surface area contributed by atoms with Crippen LogP contribution in [0.2, 0.25) is 0 Å². The number of halogens is 3. The van der Waals surface area contributed by atoms with E-state index in [1.54, 1.807) is 7.05 Å². The fourth-order valence-electron chi connectivity index (χ4n) is 3.15. The average Bonchev–Trinajstić information content (AvgIpc) is 3.35. The highest BCUT2D eigenvalue weighted by Crippen LogP contribution is 2.33. The van der Waals surface area contributed by atoms with Gasteiger partial charge in [0.05, 0.1) is 15.5 Å². The number of rotatable bonds is 5. The summed E-state index contributed by atoms with van der Waals surface area (Å²) in [6.07, 6.45) is 1.89. The van der Waals surface area contributed by atoms with E-state index >= 15 is 0 Å². The zero-order chi connectivity index (χ0) is 25.1. The van der Waals surface area contributed by atoms with E-state index in [1.165, 1.54) is 35.5 Å². The van der Waals surface area contributed by atoms with Crippen LogP contribution in [0.15, 0.2) is 34.3 Å². The summed E-state index contributed by atoms with van der Waals surface area (Å²) in [7, 11) is -6.52. The van der Waals surface area contributed by atoms with Gasteiger partial charge in [0.1, 0.15) is 11.2 Å². The molecule has 4 aromatic rings. The van der Waals surface area contributed by atoms with Gasteiger partial charge in [0, 0.05) is 32.1 Å². The van der Waals surface area contributed by atoms with Gasteiger partial charge in [-0.25, -0.2) is 31.5 Å². The Labute approximate surface area is 190 Å². The van der Waals surface area contributed by atoms with E-state index in [4.69, 9.17) is 0 Å². The van der Waals surface area contributed by atoms with Crippen molar-refractivity contribution in [3.05, 3.63) is 24.5 Å². The predicted molar refractivity (Wildman–Crippen MR) is 110 cm³/mol. The molecule has 12 nitrogen and oxygen atoms in total. The van der Waals surface area contributed by atoms with Crippen LogP contribution in [0.3, 0.4) is 0 Å². The van der Waals surface area contributed by atoms with Crippen LogP contribution >= 0.6 is 0 Å². The van der Waals surface area contributed by atoms with Crippen LogP contribution in [0.4, 0.5) is 13.2 Å². The number of aryl methyl sites for hydroxylation is 2. The second kappa shape index (κ2) is 7.79. The molecule has 0 atom stereocenters. The number of nitrogens with zero attached hydrogens (tertiary/aromatic N) is 8. The molecule has 4 heterocycles. The maximum absolute atomic E-state index is 12.9. The zero-order valence-electron chi connectivity index (χ0n) is 17.7. The van der Waals surface area contributed by atoms with Crippen molar-refractivity contribution in [2.45, 2.75) is 22.2 Å². The standard InChI is InChI=1S/C17H15F3N8O4S2/c1-4-33(29,30)12-5-9(14-24-25-26-28(14)3)7-21-13(12)16-23-11-6-10(8-22-15(11)27(16)2)34(31,32)17(18,19)20/h5-8H,4H2,1-3H3. The van der Waals surface area contributed by atoms with Crippen LogP contribution in [0.1, 0.15) is 6.92 Å². The molecule has 0 aliphatic heterocycles. The number of sulfone groups is 2. The number of fused-ring (bicyclic) bond motifs is 1. The Bertz CT molecular complexity index is 1640. The molecule has 0 unspecified atom stereocenters. The molecule has 0 aliphatic carbocycles. The van der Waals surface area contributed by atoms with Crippen LogP contribution in [0.5, 0.6) is 0 Å². The Hall–Kier alpha value is -3.47. The summed E-state index contributed by atoms with van der Waals surface area (Å²) in [6, 6.07) is 2.04. The second-order valence-electron chi connectivity index (χ2n) is 7.06. The largest absolute Gasteiger partial charge is 0.501 e. The number of hydrogen-bond acceptors (Lipinski definition) is 10. The summed E-state index contributed by atoms with van der Waals surface area (Å²) in [5.41, 5.74) is -5.47. The minimum Gasteiger partial charge on any atom is -0.310 e. The van der Waals surface area contributed by atoms with Gasteiger partial charge in [-0.2, -0.15) is 13.2 Å². The highest BCUT2D eigenvalue weighted by Gasteiger charge is 2.47. The predicted octanol–water partition coefficient (Wildman–Crippen LogP) is 1.31. The van der Waals surface area contributed by atoms with Crippen LogP contribution in [0, 0.1) is 0 Å². The second-order valence-corrected chi connectivity index (χ2v) is 11.2. The molecule has 0 aromatic carbocycles. The Morgan fingerprint density at radius 3 is 2.29 bits per heavy atom. The summed E-state index contributed by atoms with van der Waals surface area (Å²) in [5, 5.41) is 11.0. The monoisotopic (exact) mass is 516 g/mol. The highest BCUT2D eigenvalue weighted by atomic mass is 32.2. The van der Waals surface area contributed by atoms with Crippen molar-refractivity contribution in [3.8, 4) is 22.9 Å². The van der Waals surface area contributed by atoms with Gasteiger partial charge in [-0.1, -0.05) is 6.92 Å². The van der Waals surface area contributed by atoms with Gasteiger partial charge in [0.25, 0.3) is 9.84 Å². The Morgan fingerprint density at radius 2 is 1.71 bits per heavy atom. The molecule has 0 radical (unpaired) electrons. The number of alkyl halides is 3. The third-order valence-corrected chi connectivity index (χ3v) is 8.15. The van der Waals surface area contributed by atoms with Gasteiger partial charge in [-0.15, -0.1) is 5.10 Å². The van der Waals surface area contributed by atoms with Crippen molar-refractivity contribution in [3.63, 3.8) is 0 Å². The molecule has 17 heteroatoms. The minimum atomic E-state index is -5.65. The maximum atomic E-state index is 12.9.